The van der Waals surface area contributed by atoms with Crippen LogP contribution in [0.25, 0.3) is 45.5 Å². The number of para-hydroxylation sites is 1. The number of anilines is 3. The number of fused-ring (bicyclic) bond motifs is 3. The zero-order valence-corrected chi connectivity index (χ0v) is 35.1. The summed E-state index contributed by atoms with van der Waals surface area (Å²) in [6.07, 6.45) is 3.87. The maximum atomic E-state index is 4.11. The first-order valence-electron chi connectivity index (χ1n) is 21.2. The minimum absolute atomic E-state index is 0.264. The van der Waals surface area contributed by atoms with Crippen molar-refractivity contribution in [1.29, 1.82) is 0 Å². The molecule has 9 rings (SSSR count). The molecule has 0 bridgehead atoms. The van der Waals surface area contributed by atoms with E-state index in [0.29, 0.717) is 5.92 Å². The van der Waals surface area contributed by atoms with Crippen LogP contribution in [0.2, 0.25) is 0 Å². The normalized spacial score (nSPS) is 12.6. The van der Waals surface area contributed by atoms with Crippen LogP contribution < -0.4 is 4.90 Å². The Morgan fingerprint density at radius 3 is 1.52 bits per heavy atom. The molecule has 0 amide bonds. The summed E-state index contributed by atoms with van der Waals surface area (Å²) in [6, 6.07) is 69.9. The highest BCUT2D eigenvalue weighted by atomic mass is 15.1. The summed E-state index contributed by atoms with van der Waals surface area (Å²) in [5.74, 6) is 0.616. The number of rotatable bonds is 11. The molecule has 0 saturated carbocycles. The molecule has 1 aliphatic rings. The van der Waals surface area contributed by atoms with E-state index in [1.165, 1.54) is 66.8 Å². The van der Waals surface area contributed by atoms with Crippen molar-refractivity contribution in [3.8, 4) is 33.4 Å². The lowest BCUT2D eigenvalue weighted by Gasteiger charge is -2.36. The fourth-order valence-electron chi connectivity index (χ4n) is 9.23. The Morgan fingerprint density at radius 1 is 0.433 bits per heavy atom. The second-order valence-electron chi connectivity index (χ2n) is 16.6. The Balaban J connectivity index is 1.42. The second-order valence-corrected chi connectivity index (χ2v) is 16.6. The van der Waals surface area contributed by atoms with Crippen LogP contribution in [0.5, 0.6) is 0 Å². The van der Waals surface area contributed by atoms with Crippen LogP contribution >= 0.6 is 0 Å². The van der Waals surface area contributed by atoms with Gasteiger partial charge in [0, 0.05) is 16.8 Å². The molecule has 8 aromatic rings. The third-order valence-corrected chi connectivity index (χ3v) is 12.5. The highest BCUT2D eigenvalue weighted by Gasteiger charge is 2.48. The van der Waals surface area contributed by atoms with Gasteiger partial charge in [0.15, 0.2) is 0 Å². The lowest BCUT2D eigenvalue weighted by Crippen LogP contribution is -2.29. The van der Waals surface area contributed by atoms with Crippen molar-refractivity contribution in [2.45, 2.75) is 44.9 Å². The monoisotopic (exact) mass is 773 g/mol. The van der Waals surface area contributed by atoms with Crippen LogP contribution in [0.4, 0.5) is 17.1 Å². The van der Waals surface area contributed by atoms with Gasteiger partial charge in [0.2, 0.25) is 0 Å². The molecule has 1 aliphatic carbocycles. The van der Waals surface area contributed by atoms with Crippen LogP contribution in [0.1, 0.15) is 84.0 Å². The predicted octanol–water partition coefficient (Wildman–Crippen LogP) is 16.4. The van der Waals surface area contributed by atoms with Gasteiger partial charge < -0.3 is 4.90 Å². The summed E-state index contributed by atoms with van der Waals surface area (Å²) >= 11 is 0. The lowest BCUT2D eigenvalue weighted by atomic mass is 9.66. The molecule has 0 aliphatic heterocycles. The summed E-state index contributed by atoms with van der Waals surface area (Å²) in [6.45, 7) is 17.5. The molecule has 0 saturated heterocycles. The quantitative estimate of drug-likeness (QED) is 0.127. The number of hydrogen-bond donors (Lipinski definition) is 0. The Labute approximate surface area is 356 Å². The minimum Gasteiger partial charge on any atom is -0.309 e. The Kier molecular flexibility index (Phi) is 10.3. The van der Waals surface area contributed by atoms with Crippen LogP contribution in [0, 0.1) is 0 Å². The van der Waals surface area contributed by atoms with E-state index < -0.39 is 5.41 Å². The third kappa shape index (κ3) is 6.61. The zero-order valence-electron chi connectivity index (χ0n) is 35.1. The van der Waals surface area contributed by atoms with Crippen molar-refractivity contribution in [3.05, 3.63) is 246 Å². The lowest BCUT2D eigenvalue weighted by molar-refractivity contribution is 0.755. The van der Waals surface area contributed by atoms with Gasteiger partial charge in [-0.2, -0.15) is 0 Å². The van der Waals surface area contributed by atoms with E-state index in [-0.39, 0.29) is 5.92 Å². The fraction of sp³-hybridized carbons (Fsp3) is 0.119. The van der Waals surface area contributed by atoms with Gasteiger partial charge in [-0.15, -0.1) is 0 Å². The second kappa shape index (κ2) is 16.0. The average Bonchev–Trinajstić information content (AvgIpc) is 3.60. The van der Waals surface area contributed by atoms with Gasteiger partial charge in [0.05, 0.1) is 16.8 Å². The molecule has 0 heterocycles. The molecule has 1 heteroatoms. The minimum atomic E-state index is -0.615. The maximum Gasteiger partial charge on any atom is 0.0714 e. The molecule has 0 atom stereocenters. The summed E-state index contributed by atoms with van der Waals surface area (Å²) in [5.41, 5.74) is 19.9. The first-order chi connectivity index (χ1) is 29.3. The molecule has 0 fully saturated rings. The average molecular weight is 774 g/mol. The molecule has 0 N–H and O–H groups in total. The molecule has 60 heavy (non-hydrogen) atoms. The summed E-state index contributed by atoms with van der Waals surface area (Å²) in [4.78, 5) is 2.53. The maximum absolute atomic E-state index is 4.11. The van der Waals surface area contributed by atoms with E-state index in [1.54, 1.807) is 0 Å². The van der Waals surface area contributed by atoms with E-state index >= 15 is 0 Å². The largest absolute Gasteiger partial charge is 0.309 e. The molecule has 8 aromatic carbocycles. The molecular weight excluding hydrogens is 723 g/mol. The summed E-state index contributed by atoms with van der Waals surface area (Å²) in [7, 11) is 0. The Bertz CT molecular complexity index is 2760. The van der Waals surface area contributed by atoms with Crippen molar-refractivity contribution in [1.82, 2.24) is 0 Å². The molecule has 0 spiro atoms. The summed E-state index contributed by atoms with van der Waals surface area (Å²) in [5, 5.41) is 0. The molecule has 292 valence electrons. The van der Waals surface area contributed by atoms with E-state index in [0.717, 1.165) is 28.2 Å². The highest BCUT2D eigenvalue weighted by molar-refractivity contribution is 6.00. The zero-order chi connectivity index (χ0) is 41.4. The first-order valence-corrected chi connectivity index (χ1v) is 21.2. The highest BCUT2D eigenvalue weighted by Crippen LogP contribution is 2.61. The smallest absolute Gasteiger partial charge is 0.0714 e. The van der Waals surface area contributed by atoms with Gasteiger partial charge in [0.1, 0.15) is 0 Å². The van der Waals surface area contributed by atoms with Crippen molar-refractivity contribution in [3.63, 3.8) is 0 Å². The fourth-order valence-corrected chi connectivity index (χ4v) is 9.23. The van der Waals surface area contributed by atoms with Gasteiger partial charge in [0.25, 0.3) is 0 Å². The molecule has 0 aromatic heterocycles. The molecule has 0 unspecified atom stereocenters. The van der Waals surface area contributed by atoms with E-state index in [1.807, 2.05) is 12.2 Å². The predicted molar refractivity (Wildman–Crippen MR) is 258 cm³/mol. The third-order valence-electron chi connectivity index (χ3n) is 12.5. The van der Waals surface area contributed by atoms with E-state index in [4.69, 9.17) is 0 Å². The van der Waals surface area contributed by atoms with Gasteiger partial charge in [-0.1, -0.05) is 217 Å². The van der Waals surface area contributed by atoms with Crippen LogP contribution in [0.3, 0.4) is 0 Å². The van der Waals surface area contributed by atoms with Crippen molar-refractivity contribution in [2.24, 2.45) is 0 Å². The van der Waals surface area contributed by atoms with Gasteiger partial charge in [-0.3, -0.25) is 0 Å². The van der Waals surface area contributed by atoms with Crippen molar-refractivity contribution >= 4 is 29.2 Å². The Hall–Kier alpha value is -6.96. The Morgan fingerprint density at radius 2 is 0.950 bits per heavy atom. The molecule has 1 nitrogen and oxygen atoms in total. The number of hydrogen-bond acceptors (Lipinski definition) is 1. The van der Waals surface area contributed by atoms with E-state index in [9.17, 15) is 0 Å². The van der Waals surface area contributed by atoms with Crippen LogP contribution in [0.15, 0.2) is 201 Å². The molecule has 0 radical (unpaired) electrons. The summed E-state index contributed by atoms with van der Waals surface area (Å²) < 4.78 is 0. The van der Waals surface area contributed by atoms with Crippen LogP contribution in [-0.2, 0) is 5.41 Å². The van der Waals surface area contributed by atoms with Gasteiger partial charge in [-0.05, 0) is 103 Å². The number of nitrogens with zero attached hydrogens (tertiary/aromatic N) is 1. The van der Waals surface area contributed by atoms with Crippen molar-refractivity contribution < 1.29 is 0 Å². The van der Waals surface area contributed by atoms with Gasteiger partial charge >= 0.3 is 0 Å². The SMILES string of the molecule is C=Cc1ccc(C2(c3ccc(C=C)cc3)c3cc(C(C)C)ccc3-c3c(N(c4ccc(-c5ccccc5)cc4)c4ccccc4-c4ccccc4)cc(C(C)C)cc32)cc1. The molecular formula is C59H51N. The van der Waals surface area contributed by atoms with Gasteiger partial charge in [-0.25, -0.2) is 0 Å². The number of benzene rings is 8. The topological polar surface area (TPSA) is 3.24 Å². The van der Waals surface area contributed by atoms with Crippen molar-refractivity contribution in [2.75, 3.05) is 4.90 Å². The van der Waals surface area contributed by atoms with Crippen LogP contribution in [-0.4, -0.2) is 0 Å². The van der Waals surface area contributed by atoms with E-state index in [2.05, 4.69) is 234 Å². The standard InChI is InChI=1S/C59H51N/c1-7-42-23-30-49(31-24-42)59(50-32-25-43(8-2)26-33-50)54-37-47(40(3)4)29-36-53(54)58-55(59)38-48(41(5)6)39-57(58)60(51-34-27-45(28-35-51)44-17-11-9-12-18-44)56-22-16-15-21-52(56)46-19-13-10-14-20-46/h7-41H,1-2H2,3-6H3. The first kappa shape index (κ1) is 38.6.